The monoisotopic (exact) mass is 631 g/mol. The van der Waals surface area contributed by atoms with E-state index < -0.39 is 12.1 Å². The summed E-state index contributed by atoms with van der Waals surface area (Å²) in [5.74, 6) is 2.06. The van der Waals surface area contributed by atoms with E-state index in [9.17, 15) is 9.90 Å². The second-order valence-corrected chi connectivity index (χ2v) is 15.1. The Morgan fingerprint density at radius 2 is 1.48 bits per heavy atom. The summed E-state index contributed by atoms with van der Waals surface area (Å²) in [6.07, 6.45) is 8.42. The average Bonchev–Trinajstić information content (AvgIpc) is 3.50. The predicted molar refractivity (Wildman–Crippen MR) is 173 cm³/mol. The van der Waals surface area contributed by atoms with Crippen LogP contribution in [0, 0.1) is 23.7 Å². The van der Waals surface area contributed by atoms with Gasteiger partial charge in [-0.05, 0) is 79.5 Å². The fourth-order valence-corrected chi connectivity index (χ4v) is 9.84. The van der Waals surface area contributed by atoms with Crippen molar-refractivity contribution in [1.82, 2.24) is 10.2 Å². The first-order valence-electron chi connectivity index (χ1n) is 17.6. The van der Waals surface area contributed by atoms with Gasteiger partial charge in [0.1, 0.15) is 0 Å². The summed E-state index contributed by atoms with van der Waals surface area (Å²) in [4.78, 5) is 15.6. The molecule has 4 aliphatic carbocycles. The minimum absolute atomic E-state index is 0.0144. The van der Waals surface area contributed by atoms with Gasteiger partial charge >= 0.3 is 6.03 Å². The Kier molecular flexibility index (Phi) is 8.36. The summed E-state index contributed by atoms with van der Waals surface area (Å²) < 4.78 is 25.3. The highest BCUT2D eigenvalue weighted by atomic mass is 16.7. The molecule has 9 rings (SSSR count). The van der Waals surface area contributed by atoms with Crippen molar-refractivity contribution in [3.05, 3.63) is 65.2 Å². The highest BCUT2D eigenvalue weighted by molar-refractivity contribution is 5.89. The van der Waals surface area contributed by atoms with Gasteiger partial charge in [-0.15, -0.1) is 0 Å². The van der Waals surface area contributed by atoms with Gasteiger partial charge in [0.05, 0.1) is 32.0 Å². The molecule has 4 saturated carbocycles. The van der Waals surface area contributed by atoms with Crippen molar-refractivity contribution in [2.24, 2.45) is 23.7 Å². The van der Waals surface area contributed by atoms with E-state index in [1.807, 2.05) is 36.4 Å². The van der Waals surface area contributed by atoms with Crippen LogP contribution in [-0.2, 0) is 25.6 Å². The molecule has 4 bridgehead atoms. The lowest BCUT2D eigenvalue weighted by atomic mass is 9.53. The zero-order chi connectivity index (χ0) is 31.3. The molecule has 4 unspecified atom stereocenters. The number of nitrogens with zero attached hydrogens (tertiary/aromatic N) is 1. The van der Waals surface area contributed by atoms with Crippen molar-refractivity contribution < 1.29 is 28.8 Å². The van der Waals surface area contributed by atoms with E-state index in [0.29, 0.717) is 13.2 Å². The molecule has 1 spiro atoms. The molecule has 9 heteroatoms. The van der Waals surface area contributed by atoms with Crippen molar-refractivity contribution in [2.45, 2.75) is 94.7 Å². The molecule has 3 saturated heterocycles. The highest BCUT2D eigenvalue weighted by Gasteiger charge is 2.51. The quantitative estimate of drug-likeness (QED) is 0.350. The summed E-state index contributed by atoms with van der Waals surface area (Å²) >= 11 is 0. The molecule has 4 atom stereocenters. The SMILES string of the molecule is CC1C(CN2CCC3(CC2)OCCO3)OC(c2ccc(NC(=O)NC34CC5CC(CC(C5)C3)C4)cc2)OC1c1ccc(CO)cc1. The van der Waals surface area contributed by atoms with Crippen LogP contribution < -0.4 is 10.6 Å². The van der Waals surface area contributed by atoms with Gasteiger partial charge in [0.25, 0.3) is 0 Å². The van der Waals surface area contributed by atoms with E-state index in [4.69, 9.17) is 18.9 Å². The lowest BCUT2D eigenvalue weighted by Gasteiger charge is -2.56. The van der Waals surface area contributed by atoms with Crippen molar-refractivity contribution in [1.29, 1.82) is 0 Å². The number of aliphatic hydroxyl groups is 1. The van der Waals surface area contributed by atoms with Crippen LogP contribution in [0.25, 0.3) is 0 Å². The molecular formula is C37H49N3O6. The van der Waals surface area contributed by atoms with Crippen LogP contribution in [-0.4, -0.2) is 66.3 Å². The molecule has 7 fully saturated rings. The molecule has 9 nitrogen and oxygen atoms in total. The third kappa shape index (κ3) is 6.22. The Bertz CT molecular complexity index is 1330. The zero-order valence-electron chi connectivity index (χ0n) is 27.0. The molecule has 2 aromatic carbocycles. The first-order chi connectivity index (χ1) is 22.4. The fraction of sp³-hybridized carbons (Fsp3) is 0.649. The zero-order valence-corrected chi connectivity index (χ0v) is 27.0. The Morgan fingerprint density at radius 3 is 2.09 bits per heavy atom. The number of nitrogens with one attached hydrogen (secondary N) is 2. The topological polar surface area (TPSA) is 102 Å². The molecule has 0 aromatic heterocycles. The molecule has 2 aromatic rings. The van der Waals surface area contributed by atoms with Crippen LogP contribution in [0.4, 0.5) is 10.5 Å². The number of carbonyl (C=O) groups is 1. The lowest BCUT2D eigenvalue weighted by Crippen LogP contribution is -2.60. The van der Waals surface area contributed by atoms with Gasteiger partial charge in [0.2, 0.25) is 0 Å². The minimum atomic E-state index is -0.545. The molecule has 3 N–H and O–H groups in total. The minimum Gasteiger partial charge on any atom is -0.392 e. The number of amides is 2. The van der Waals surface area contributed by atoms with Crippen molar-refractivity contribution in [3.8, 4) is 0 Å². The van der Waals surface area contributed by atoms with E-state index in [1.54, 1.807) is 0 Å². The van der Waals surface area contributed by atoms with Gasteiger partial charge in [0.15, 0.2) is 12.1 Å². The van der Waals surface area contributed by atoms with Crippen LogP contribution in [0.5, 0.6) is 0 Å². The third-order valence-electron chi connectivity index (χ3n) is 11.9. The lowest BCUT2D eigenvalue weighted by molar-refractivity contribution is -0.278. The fourth-order valence-electron chi connectivity index (χ4n) is 9.84. The first-order valence-corrected chi connectivity index (χ1v) is 17.6. The van der Waals surface area contributed by atoms with Gasteiger partial charge in [-0.25, -0.2) is 4.79 Å². The smallest absolute Gasteiger partial charge is 0.319 e. The molecule has 248 valence electrons. The number of piperidine rings is 1. The Morgan fingerprint density at radius 1 is 0.870 bits per heavy atom. The van der Waals surface area contributed by atoms with Crippen molar-refractivity contribution in [2.75, 3.05) is 38.2 Å². The third-order valence-corrected chi connectivity index (χ3v) is 11.9. The van der Waals surface area contributed by atoms with E-state index >= 15 is 0 Å². The van der Waals surface area contributed by atoms with Crippen LogP contribution in [0.15, 0.2) is 48.5 Å². The number of anilines is 1. The van der Waals surface area contributed by atoms with E-state index in [1.165, 1.54) is 19.3 Å². The molecule has 3 heterocycles. The van der Waals surface area contributed by atoms with Crippen LogP contribution in [0.3, 0.4) is 0 Å². The summed E-state index contributed by atoms with van der Waals surface area (Å²) in [7, 11) is 0. The van der Waals surface area contributed by atoms with Crippen LogP contribution in [0.2, 0.25) is 0 Å². The Balaban J connectivity index is 0.946. The van der Waals surface area contributed by atoms with Gasteiger partial charge in [-0.3, -0.25) is 0 Å². The van der Waals surface area contributed by atoms with Crippen molar-refractivity contribution in [3.63, 3.8) is 0 Å². The normalized spacial score (nSPS) is 36.6. The molecule has 2 amide bonds. The van der Waals surface area contributed by atoms with Gasteiger partial charge < -0.3 is 39.6 Å². The number of ether oxygens (including phenoxy) is 4. The predicted octanol–water partition coefficient (Wildman–Crippen LogP) is 5.90. The maximum atomic E-state index is 13.2. The Hall–Kier alpha value is -2.53. The largest absolute Gasteiger partial charge is 0.392 e. The maximum Gasteiger partial charge on any atom is 0.319 e. The average molecular weight is 632 g/mol. The highest BCUT2D eigenvalue weighted by Crippen LogP contribution is 2.55. The van der Waals surface area contributed by atoms with Gasteiger partial charge in [-0.1, -0.05) is 43.3 Å². The van der Waals surface area contributed by atoms with Crippen LogP contribution in [0.1, 0.15) is 87.4 Å². The summed E-state index contributed by atoms with van der Waals surface area (Å²) in [5, 5.41) is 16.1. The molecular weight excluding hydrogens is 582 g/mol. The number of benzene rings is 2. The summed E-state index contributed by atoms with van der Waals surface area (Å²) in [6.45, 7) is 6.18. The summed E-state index contributed by atoms with van der Waals surface area (Å²) in [6, 6.07) is 15.8. The Labute approximate surface area is 272 Å². The van der Waals surface area contributed by atoms with Gasteiger partial charge in [-0.2, -0.15) is 0 Å². The molecule has 46 heavy (non-hydrogen) atoms. The molecule has 3 aliphatic heterocycles. The number of hydrogen-bond acceptors (Lipinski definition) is 7. The van der Waals surface area contributed by atoms with E-state index in [2.05, 4.69) is 34.6 Å². The number of urea groups is 1. The number of rotatable bonds is 7. The number of carbonyl (C=O) groups excluding carboxylic acids is 1. The maximum absolute atomic E-state index is 13.2. The molecule has 7 aliphatic rings. The standard InChI is InChI=1S/C37H49N3O6/c1-24-32(22-40-12-10-37(11-13-40)43-14-15-44-37)45-34(46-33(24)29-4-2-25(23-41)3-5-29)30-6-8-31(9-7-30)38-35(42)39-36-19-26-16-27(20-36)18-28(17-26)21-36/h2-9,24,26-28,32-34,41H,10-23H2,1H3,(H2,38,39,42). The second kappa shape index (κ2) is 12.5. The van der Waals surface area contributed by atoms with E-state index in [0.717, 1.165) is 91.9 Å². The number of hydrogen-bond donors (Lipinski definition) is 3. The first kappa shape index (κ1) is 30.8. The van der Waals surface area contributed by atoms with Crippen LogP contribution >= 0.6 is 0 Å². The van der Waals surface area contributed by atoms with Gasteiger partial charge in [0, 0.05) is 55.2 Å². The number of aliphatic hydroxyl groups excluding tert-OH is 1. The summed E-state index contributed by atoms with van der Waals surface area (Å²) in [5.41, 5.74) is 3.62. The molecule has 0 radical (unpaired) electrons. The number of likely N-dealkylation sites (tertiary alicyclic amines) is 1. The second-order valence-electron chi connectivity index (χ2n) is 15.1. The van der Waals surface area contributed by atoms with Crippen molar-refractivity contribution >= 4 is 11.7 Å². The van der Waals surface area contributed by atoms with E-state index in [-0.39, 0.29) is 36.3 Å².